The summed E-state index contributed by atoms with van der Waals surface area (Å²) in [7, 11) is 0. The second-order valence-corrected chi connectivity index (χ2v) is 4.67. The van der Waals surface area contributed by atoms with Crippen molar-refractivity contribution in [1.82, 2.24) is 4.90 Å². The summed E-state index contributed by atoms with van der Waals surface area (Å²) in [6, 6.07) is 8.64. The highest BCUT2D eigenvalue weighted by molar-refractivity contribution is 14.0. The maximum atomic E-state index is 2.41. The molecule has 2 heteroatoms. The Bertz CT molecular complexity index is 358. The van der Waals surface area contributed by atoms with Gasteiger partial charge in [0.1, 0.15) is 0 Å². The molecular weight excluding hydrogens is 309 g/mol. The van der Waals surface area contributed by atoms with E-state index in [1.165, 1.54) is 24.1 Å². The van der Waals surface area contributed by atoms with E-state index >= 15 is 0 Å². The number of nitrogens with zero attached hydrogens (tertiary/aromatic N) is 1. The van der Waals surface area contributed by atoms with Crippen molar-refractivity contribution in [2.24, 2.45) is 5.92 Å². The largest absolute Gasteiger partial charge is 0.373 e. The molecule has 0 bridgehead atoms. The maximum absolute atomic E-state index is 2.41. The van der Waals surface area contributed by atoms with Gasteiger partial charge >= 0.3 is 0 Å². The van der Waals surface area contributed by atoms with Crippen LogP contribution in [0.2, 0.25) is 0 Å². The Hall–Kier alpha value is -0.510. The molecule has 1 aliphatic heterocycles. The Morgan fingerprint density at radius 1 is 1.25 bits per heavy atom. The molecule has 0 amide bonds. The van der Waals surface area contributed by atoms with E-state index in [0.717, 1.165) is 12.5 Å². The molecule has 1 aliphatic rings. The van der Waals surface area contributed by atoms with Gasteiger partial charge in [-0.1, -0.05) is 38.1 Å². The van der Waals surface area contributed by atoms with Crippen LogP contribution in [0.1, 0.15) is 31.4 Å². The van der Waals surface area contributed by atoms with E-state index in [2.05, 4.69) is 55.3 Å². The number of benzene rings is 1. The molecule has 16 heavy (non-hydrogen) atoms. The fourth-order valence-corrected chi connectivity index (χ4v) is 1.88. The van der Waals surface area contributed by atoms with E-state index in [9.17, 15) is 0 Å². The average molecular weight is 329 g/mol. The van der Waals surface area contributed by atoms with Crippen molar-refractivity contribution in [3.8, 4) is 0 Å². The highest BCUT2D eigenvalue weighted by atomic mass is 127. The zero-order valence-electron chi connectivity index (χ0n) is 10.0. The van der Waals surface area contributed by atoms with Gasteiger partial charge in [0.25, 0.3) is 0 Å². The standard InChI is InChI=1S/C14H19N.HI/c1-12(2)7-9-15-10-8-13-5-3-4-6-14(13)11-15;/h3-6,8,10,12H,7,9,11H2,1-2H3;1H. The van der Waals surface area contributed by atoms with Crippen LogP contribution in [-0.4, -0.2) is 11.4 Å². The monoisotopic (exact) mass is 329 g/mol. The Labute approximate surface area is 116 Å². The normalized spacial score (nSPS) is 13.6. The van der Waals surface area contributed by atoms with Gasteiger partial charge in [-0.2, -0.15) is 0 Å². The smallest absolute Gasteiger partial charge is 0.0429 e. The third-order valence-electron chi connectivity index (χ3n) is 2.89. The summed E-state index contributed by atoms with van der Waals surface area (Å²) >= 11 is 0. The van der Waals surface area contributed by atoms with Gasteiger partial charge in [0.05, 0.1) is 0 Å². The Morgan fingerprint density at radius 2 is 2.00 bits per heavy atom. The molecule has 0 unspecified atom stereocenters. The lowest BCUT2D eigenvalue weighted by atomic mass is 10.0. The number of fused-ring (bicyclic) bond motifs is 1. The lowest BCUT2D eigenvalue weighted by molar-refractivity contribution is 0.337. The molecule has 0 atom stereocenters. The highest BCUT2D eigenvalue weighted by Gasteiger charge is 2.09. The van der Waals surface area contributed by atoms with E-state index in [1.54, 1.807) is 0 Å². The van der Waals surface area contributed by atoms with Gasteiger partial charge in [-0.15, -0.1) is 24.0 Å². The lowest BCUT2D eigenvalue weighted by Gasteiger charge is -2.25. The number of hydrogen-bond acceptors (Lipinski definition) is 1. The Morgan fingerprint density at radius 3 is 2.75 bits per heavy atom. The van der Waals surface area contributed by atoms with Gasteiger partial charge in [0, 0.05) is 13.1 Å². The summed E-state index contributed by atoms with van der Waals surface area (Å²) in [4.78, 5) is 2.41. The second-order valence-electron chi connectivity index (χ2n) is 4.67. The number of halogens is 1. The van der Waals surface area contributed by atoms with Gasteiger partial charge in [0.15, 0.2) is 0 Å². The summed E-state index contributed by atoms with van der Waals surface area (Å²) in [5.41, 5.74) is 2.82. The first-order chi connectivity index (χ1) is 7.25. The van der Waals surface area contributed by atoms with Crippen molar-refractivity contribution < 1.29 is 0 Å². The average Bonchev–Trinajstić information content (AvgIpc) is 2.26. The molecule has 1 aromatic rings. The summed E-state index contributed by atoms with van der Waals surface area (Å²) in [5.74, 6) is 0.788. The fourth-order valence-electron chi connectivity index (χ4n) is 1.88. The van der Waals surface area contributed by atoms with Gasteiger partial charge in [-0.05, 0) is 35.7 Å². The summed E-state index contributed by atoms with van der Waals surface area (Å²) in [6.45, 7) is 6.80. The number of rotatable bonds is 3. The van der Waals surface area contributed by atoms with Crippen LogP contribution in [0.25, 0.3) is 6.08 Å². The second kappa shape index (κ2) is 6.28. The molecular formula is C14H20IN. The molecule has 0 aliphatic carbocycles. The van der Waals surface area contributed by atoms with Crippen LogP contribution in [0.15, 0.2) is 30.5 Å². The van der Waals surface area contributed by atoms with Crippen LogP contribution < -0.4 is 0 Å². The summed E-state index contributed by atoms with van der Waals surface area (Å²) in [6.07, 6.45) is 5.72. The SMILES string of the molecule is CC(C)CCN1C=Cc2ccccc2C1.I. The zero-order chi connectivity index (χ0) is 10.7. The molecule has 0 fully saturated rings. The first-order valence-electron chi connectivity index (χ1n) is 5.76. The third kappa shape index (κ3) is 3.51. The molecule has 0 N–H and O–H groups in total. The van der Waals surface area contributed by atoms with Crippen LogP contribution in [-0.2, 0) is 6.54 Å². The van der Waals surface area contributed by atoms with E-state index in [-0.39, 0.29) is 24.0 Å². The highest BCUT2D eigenvalue weighted by Crippen LogP contribution is 2.19. The Kier molecular flexibility index (Phi) is 5.32. The molecule has 1 nitrogen and oxygen atoms in total. The van der Waals surface area contributed by atoms with Crippen LogP contribution in [0.5, 0.6) is 0 Å². The van der Waals surface area contributed by atoms with E-state index in [0.29, 0.717) is 0 Å². The van der Waals surface area contributed by atoms with Crippen molar-refractivity contribution in [2.75, 3.05) is 6.54 Å². The molecule has 2 rings (SSSR count). The van der Waals surface area contributed by atoms with Crippen LogP contribution >= 0.6 is 24.0 Å². The minimum Gasteiger partial charge on any atom is -0.373 e. The molecule has 0 saturated carbocycles. The van der Waals surface area contributed by atoms with E-state index < -0.39 is 0 Å². The lowest BCUT2D eigenvalue weighted by Crippen LogP contribution is -2.22. The van der Waals surface area contributed by atoms with Gasteiger partial charge in [0.2, 0.25) is 0 Å². The molecule has 1 heterocycles. The molecule has 0 spiro atoms. The van der Waals surface area contributed by atoms with Gasteiger partial charge < -0.3 is 4.90 Å². The third-order valence-corrected chi connectivity index (χ3v) is 2.89. The molecule has 0 saturated heterocycles. The summed E-state index contributed by atoms with van der Waals surface area (Å²) < 4.78 is 0. The topological polar surface area (TPSA) is 3.24 Å². The van der Waals surface area contributed by atoms with Gasteiger partial charge in [-0.3, -0.25) is 0 Å². The fraction of sp³-hybridized carbons (Fsp3) is 0.429. The predicted octanol–water partition coefficient (Wildman–Crippen LogP) is 4.14. The quantitative estimate of drug-likeness (QED) is 0.754. The minimum atomic E-state index is 0. The van der Waals surface area contributed by atoms with E-state index in [1.807, 2.05) is 0 Å². The van der Waals surface area contributed by atoms with Crippen LogP contribution in [0.3, 0.4) is 0 Å². The molecule has 0 aromatic heterocycles. The van der Waals surface area contributed by atoms with Crippen molar-refractivity contribution in [3.63, 3.8) is 0 Å². The Balaban J connectivity index is 0.00000128. The van der Waals surface area contributed by atoms with E-state index in [4.69, 9.17) is 0 Å². The van der Waals surface area contributed by atoms with Crippen LogP contribution in [0.4, 0.5) is 0 Å². The maximum Gasteiger partial charge on any atom is 0.0429 e. The first kappa shape index (κ1) is 13.6. The molecule has 0 radical (unpaired) electrons. The van der Waals surface area contributed by atoms with Crippen molar-refractivity contribution in [1.29, 1.82) is 0 Å². The predicted molar refractivity (Wildman–Crippen MR) is 80.8 cm³/mol. The van der Waals surface area contributed by atoms with Crippen LogP contribution in [0, 0.1) is 5.92 Å². The van der Waals surface area contributed by atoms with Crippen molar-refractivity contribution >= 4 is 30.1 Å². The summed E-state index contributed by atoms with van der Waals surface area (Å²) in [5, 5.41) is 0. The van der Waals surface area contributed by atoms with Crippen molar-refractivity contribution in [3.05, 3.63) is 41.6 Å². The first-order valence-corrected chi connectivity index (χ1v) is 5.76. The van der Waals surface area contributed by atoms with Gasteiger partial charge in [-0.25, -0.2) is 0 Å². The molecule has 88 valence electrons. The zero-order valence-corrected chi connectivity index (χ0v) is 12.3. The minimum absolute atomic E-state index is 0. The van der Waals surface area contributed by atoms with Crippen molar-refractivity contribution in [2.45, 2.75) is 26.8 Å². The molecule has 1 aromatic carbocycles. The number of hydrogen-bond donors (Lipinski definition) is 0.